The zero-order valence-corrected chi connectivity index (χ0v) is 21.2. The van der Waals surface area contributed by atoms with E-state index in [0.717, 1.165) is 36.6 Å². The molecule has 0 spiro atoms. The molecule has 0 saturated heterocycles. The quantitative estimate of drug-likeness (QED) is 0.237. The second-order valence-electron chi connectivity index (χ2n) is 8.76. The molecule has 6 heteroatoms. The number of hydrogen-bond acceptors (Lipinski definition) is 4. The number of nitrogens with one attached hydrogen (secondary N) is 1. The molecule has 0 unspecified atom stereocenters. The van der Waals surface area contributed by atoms with E-state index in [0.29, 0.717) is 42.3 Å². The van der Waals surface area contributed by atoms with Crippen LogP contribution in [0.4, 0.5) is 5.69 Å². The molecule has 0 aliphatic heterocycles. The van der Waals surface area contributed by atoms with Crippen LogP contribution in [0.25, 0.3) is 10.9 Å². The van der Waals surface area contributed by atoms with Gasteiger partial charge in [-0.25, -0.2) is 0 Å². The average molecular weight is 477 g/mol. The number of pyridine rings is 1. The lowest BCUT2D eigenvalue weighted by atomic mass is 10.1. The van der Waals surface area contributed by atoms with Crippen LogP contribution in [0, 0.1) is 0 Å². The number of amides is 1. The van der Waals surface area contributed by atoms with Crippen LogP contribution in [0.15, 0.2) is 65.0 Å². The number of benzene rings is 2. The van der Waals surface area contributed by atoms with Gasteiger partial charge in [0.05, 0.1) is 12.1 Å². The van der Waals surface area contributed by atoms with Gasteiger partial charge in [0, 0.05) is 23.2 Å². The Morgan fingerprint density at radius 3 is 2.43 bits per heavy atom. The Morgan fingerprint density at radius 1 is 0.971 bits per heavy atom. The van der Waals surface area contributed by atoms with Crippen LogP contribution in [0.3, 0.4) is 0 Å². The maximum absolute atomic E-state index is 13.5. The van der Waals surface area contributed by atoms with E-state index < -0.39 is 0 Å². The van der Waals surface area contributed by atoms with Gasteiger partial charge in [-0.3, -0.25) is 9.59 Å². The highest BCUT2D eigenvalue weighted by Gasteiger charge is 2.20. The zero-order valence-electron chi connectivity index (χ0n) is 21.2. The summed E-state index contributed by atoms with van der Waals surface area (Å²) in [6.07, 6.45) is 6.19. The fourth-order valence-electron chi connectivity index (χ4n) is 3.85. The molecular weight excluding hydrogens is 440 g/mol. The predicted octanol–water partition coefficient (Wildman–Crippen LogP) is 6.58. The van der Waals surface area contributed by atoms with Gasteiger partial charge in [-0.2, -0.15) is 0 Å². The van der Waals surface area contributed by atoms with E-state index >= 15 is 0 Å². The molecule has 0 aliphatic carbocycles. The smallest absolute Gasteiger partial charge is 0.297 e. The highest BCUT2D eigenvalue weighted by atomic mass is 16.5. The SMILES string of the molecule is CCCCCCOc1c(OCC=C(C)C)c2ccc(NC(=O)c3ccccc3)cc2n(CC)c1=O. The van der Waals surface area contributed by atoms with E-state index in [9.17, 15) is 9.59 Å². The van der Waals surface area contributed by atoms with Crippen molar-refractivity contribution >= 4 is 22.5 Å². The minimum Gasteiger partial charge on any atom is -0.485 e. The summed E-state index contributed by atoms with van der Waals surface area (Å²) in [5.74, 6) is 0.491. The fraction of sp³-hybridized carbons (Fsp3) is 0.379. The topological polar surface area (TPSA) is 69.6 Å². The summed E-state index contributed by atoms with van der Waals surface area (Å²) < 4.78 is 13.8. The maximum atomic E-state index is 13.5. The molecule has 0 aliphatic rings. The van der Waals surface area contributed by atoms with Crippen LogP contribution in [0.1, 0.15) is 63.7 Å². The molecule has 0 bridgehead atoms. The van der Waals surface area contributed by atoms with Crippen molar-refractivity contribution in [3.63, 3.8) is 0 Å². The number of fused-ring (bicyclic) bond motifs is 1. The van der Waals surface area contributed by atoms with Crippen molar-refractivity contribution in [2.45, 2.75) is 59.9 Å². The number of ether oxygens (including phenoxy) is 2. The van der Waals surface area contributed by atoms with Crippen LogP contribution in [0.2, 0.25) is 0 Å². The number of anilines is 1. The number of hydrogen-bond donors (Lipinski definition) is 1. The maximum Gasteiger partial charge on any atom is 0.297 e. The summed E-state index contributed by atoms with van der Waals surface area (Å²) in [4.78, 5) is 26.1. The Labute approximate surface area is 207 Å². The van der Waals surface area contributed by atoms with Crippen molar-refractivity contribution in [3.8, 4) is 11.5 Å². The minimum atomic E-state index is -0.228. The molecule has 1 amide bonds. The van der Waals surface area contributed by atoms with Crippen molar-refractivity contribution in [1.82, 2.24) is 4.57 Å². The first-order chi connectivity index (χ1) is 17.0. The molecule has 3 aromatic rings. The molecule has 3 rings (SSSR count). The molecule has 1 aromatic heterocycles. The molecule has 0 saturated carbocycles. The van der Waals surface area contributed by atoms with E-state index in [2.05, 4.69) is 12.2 Å². The summed E-state index contributed by atoms with van der Waals surface area (Å²) in [5, 5.41) is 3.70. The van der Waals surface area contributed by atoms with Gasteiger partial charge in [0.2, 0.25) is 5.75 Å². The number of rotatable bonds is 12. The Balaban J connectivity index is 2.01. The monoisotopic (exact) mass is 476 g/mol. The van der Waals surface area contributed by atoms with Gasteiger partial charge in [0.1, 0.15) is 6.61 Å². The number of nitrogens with zero attached hydrogens (tertiary/aromatic N) is 1. The Bertz CT molecular complexity index is 1220. The van der Waals surface area contributed by atoms with Gasteiger partial charge < -0.3 is 19.4 Å². The van der Waals surface area contributed by atoms with Gasteiger partial charge in [0.15, 0.2) is 5.75 Å². The standard InChI is InChI=1S/C29H36N2O4/c1-5-7-8-12-18-34-27-26(35-19-17-21(3)4)24-16-15-23(20-25(24)31(6-2)29(27)33)30-28(32)22-13-10-9-11-14-22/h9-11,13-17,20H,5-8,12,18-19H2,1-4H3,(H,30,32). The fourth-order valence-corrected chi connectivity index (χ4v) is 3.85. The highest BCUT2D eigenvalue weighted by molar-refractivity contribution is 6.05. The second-order valence-corrected chi connectivity index (χ2v) is 8.76. The number of carbonyl (C=O) groups is 1. The average Bonchev–Trinajstić information content (AvgIpc) is 2.85. The van der Waals surface area contributed by atoms with Gasteiger partial charge in [-0.05, 0) is 63.6 Å². The van der Waals surface area contributed by atoms with E-state index in [1.54, 1.807) is 16.7 Å². The van der Waals surface area contributed by atoms with Crippen LogP contribution in [0.5, 0.6) is 11.5 Å². The number of allylic oxidation sites excluding steroid dienone is 1. The first-order valence-corrected chi connectivity index (χ1v) is 12.4. The van der Waals surface area contributed by atoms with E-state index in [4.69, 9.17) is 9.47 Å². The normalized spacial score (nSPS) is 10.7. The summed E-state index contributed by atoms with van der Waals surface area (Å²) >= 11 is 0. The molecule has 0 radical (unpaired) electrons. The van der Waals surface area contributed by atoms with Crippen LogP contribution in [-0.2, 0) is 6.54 Å². The largest absolute Gasteiger partial charge is 0.485 e. The number of aromatic nitrogens is 1. The number of unbranched alkanes of at least 4 members (excludes halogenated alkanes) is 3. The van der Waals surface area contributed by atoms with E-state index in [1.165, 1.54) is 0 Å². The number of aryl methyl sites for hydroxylation is 1. The predicted molar refractivity (Wildman–Crippen MR) is 143 cm³/mol. The Morgan fingerprint density at radius 2 is 1.74 bits per heavy atom. The first-order valence-electron chi connectivity index (χ1n) is 12.4. The Kier molecular flexibility index (Phi) is 9.53. The van der Waals surface area contributed by atoms with Gasteiger partial charge >= 0.3 is 0 Å². The van der Waals surface area contributed by atoms with Crippen molar-refractivity contribution in [1.29, 1.82) is 0 Å². The third-order valence-electron chi connectivity index (χ3n) is 5.75. The van der Waals surface area contributed by atoms with Gasteiger partial charge in [-0.15, -0.1) is 0 Å². The molecule has 186 valence electrons. The van der Waals surface area contributed by atoms with E-state index in [-0.39, 0.29) is 17.2 Å². The molecule has 1 heterocycles. The highest BCUT2D eigenvalue weighted by Crippen LogP contribution is 2.34. The van der Waals surface area contributed by atoms with E-state index in [1.807, 2.05) is 63.2 Å². The Hall–Kier alpha value is -3.54. The molecule has 0 atom stereocenters. The third-order valence-corrected chi connectivity index (χ3v) is 5.75. The lowest BCUT2D eigenvalue weighted by Gasteiger charge is -2.18. The van der Waals surface area contributed by atoms with Gasteiger partial charge in [0.25, 0.3) is 11.5 Å². The molecule has 35 heavy (non-hydrogen) atoms. The van der Waals surface area contributed by atoms with Crippen LogP contribution in [-0.4, -0.2) is 23.7 Å². The van der Waals surface area contributed by atoms with Crippen LogP contribution < -0.4 is 20.3 Å². The lowest BCUT2D eigenvalue weighted by Crippen LogP contribution is -2.23. The van der Waals surface area contributed by atoms with Crippen molar-refractivity contribution in [3.05, 3.63) is 76.1 Å². The lowest BCUT2D eigenvalue weighted by molar-refractivity contribution is 0.102. The van der Waals surface area contributed by atoms with Gasteiger partial charge in [-0.1, -0.05) is 50.0 Å². The summed E-state index contributed by atoms with van der Waals surface area (Å²) in [7, 11) is 0. The summed E-state index contributed by atoms with van der Waals surface area (Å²) in [6.45, 7) is 9.36. The second kappa shape index (κ2) is 12.8. The van der Waals surface area contributed by atoms with Crippen LogP contribution >= 0.6 is 0 Å². The van der Waals surface area contributed by atoms with Crippen molar-refractivity contribution < 1.29 is 14.3 Å². The summed E-state index contributed by atoms with van der Waals surface area (Å²) in [5.41, 5.74) is 2.77. The summed E-state index contributed by atoms with van der Waals surface area (Å²) in [6, 6.07) is 14.6. The van der Waals surface area contributed by atoms with Crippen molar-refractivity contribution in [2.24, 2.45) is 0 Å². The third kappa shape index (κ3) is 6.75. The molecular formula is C29H36N2O4. The molecule has 2 aromatic carbocycles. The number of carbonyl (C=O) groups excluding carboxylic acids is 1. The molecule has 6 nitrogen and oxygen atoms in total. The minimum absolute atomic E-state index is 0.206. The molecule has 1 N–H and O–H groups in total. The zero-order chi connectivity index (χ0) is 25.2. The molecule has 0 fully saturated rings. The first kappa shape index (κ1) is 26.1. The van der Waals surface area contributed by atoms with Crippen molar-refractivity contribution in [2.75, 3.05) is 18.5 Å².